The Morgan fingerprint density at radius 2 is 1.59 bits per heavy atom. The zero-order chi connectivity index (χ0) is 39.7. The number of hydrogen-bond acceptors (Lipinski definition) is 7. The summed E-state index contributed by atoms with van der Waals surface area (Å²) in [6, 6.07) is 20.0. The van der Waals surface area contributed by atoms with E-state index in [1.54, 1.807) is 42.3 Å². The Morgan fingerprint density at radius 1 is 0.821 bits per heavy atom. The van der Waals surface area contributed by atoms with Crippen molar-refractivity contribution in [2.45, 2.75) is 44.8 Å². The summed E-state index contributed by atoms with van der Waals surface area (Å²) in [5.74, 6) is -1.69. The zero-order valence-corrected chi connectivity index (χ0v) is 31.2. The van der Waals surface area contributed by atoms with Gasteiger partial charge in [0.15, 0.2) is 0 Å². The largest absolute Gasteiger partial charge is 0.416 e. The second-order valence-electron chi connectivity index (χ2n) is 14.0. The molecule has 11 nitrogen and oxygen atoms in total. The quantitative estimate of drug-likeness (QED) is 0.139. The summed E-state index contributed by atoms with van der Waals surface area (Å²) in [5.41, 5.74) is 2.64. The van der Waals surface area contributed by atoms with Gasteiger partial charge in [-0.15, -0.1) is 0 Å². The number of alkyl halides is 3. The highest BCUT2D eigenvalue weighted by molar-refractivity contribution is 6.08. The van der Waals surface area contributed by atoms with Gasteiger partial charge in [0.2, 0.25) is 5.91 Å². The van der Waals surface area contributed by atoms with Crippen molar-refractivity contribution in [3.8, 4) is 11.3 Å². The molecule has 3 aromatic carbocycles. The van der Waals surface area contributed by atoms with Crippen molar-refractivity contribution in [1.82, 2.24) is 20.5 Å². The highest BCUT2D eigenvalue weighted by Gasteiger charge is 2.31. The van der Waals surface area contributed by atoms with Crippen LogP contribution in [-0.4, -0.2) is 80.0 Å². The lowest BCUT2D eigenvalue weighted by atomic mass is 9.96. The average molecular weight is 771 g/mol. The number of nitrogens with zero attached hydrogens (tertiary/aromatic N) is 3. The van der Waals surface area contributed by atoms with Gasteiger partial charge < -0.3 is 30.5 Å². The van der Waals surface area contributed by atoms with E-state index in [4.69, 9.17) is 4.74 Å². The Kier molecular flexibility index (Phi) is 13.0. The summed E-state index contributed by atoms with van der Waals surface area (Å²) in [5, 5.41) is 8.53. The van der Waals surface area contributed by atoms with Crippen molar-refractivity contribution in [2.75, 3.05) is 56.7 Å². The van der Waals surface area contributed by atoms with E-state index < -0.39 is 23.6 Å². The number of hydrogen-bond donors (Lipinski definition) is 3. The fourth-order valence-corrected chi connectivity index (χ4v) is 7.03. The third-order valence-electron chi connectivity index (χ3n) is 10.0. The smallest absolute Gasteiger partial charge is 0.383 e. The lowest BCUT2D eigenvalue weighted by molar-refractivity contribution is -0.137. The molecule has 3 heterocycles. The maximum Gasteiger partial charge on any atom is 0.416 e. The number of piperidine rings is 2. The van der Waals surface area contributed by atoms with Gasteiger partial charge in [0.05, 0.1) is 29.5 Å². The van der Waals surface area contributed by atoms with Crippen LogP contribution in [0.15, 0.2) is 85.1 Å². The third kappa shape index (κ3) is 10.1. The summed E-state index contributed by atoms with van der Waals surface area (Å²) in [6.07, 6.45) is 1.55. The summed E-state index contributed by atoms with van der Waals surface area (Å²) in [7, 11) is 1.56. The molecule has 4 aromatic rings. The Balaban J connectivity index is 1.20. The minimum atomic E-state index is -4.50. The van der Waals surface area contributed by atoms with E-state index in [2.05, 4.69) is 25.8 Å². The predicted molar refractivity (Wildman–Crippen MR) is 206 cm³/mol. The van der Waals surface area contributed by atoms with Gasteiger partial charge in [-0.05, 0) is 98.3 Å². The van der Waals surface area contributed by atoms with Gasteiger partial charge in [-0.25, -0.2) is 0 Å². The Morgan fingerprint density at radius 3 is 2.38 bits per heavy atom. The first-order valence-electron chi connectivity index (χ1n) is 18.8. The molecule has 2 aliphatic rings. The maximum absolute atomic E-state index is 13.8. The van der Waals surface area contributed by atoms with E-state index in [9.17, 15) is 32.3 Å². The van der Waals surface area contributed by atoms with Crippen LogP contribution in [0.25, 0.3) is 11.3 Å². The molecule has 6 rings (SSSR count). The van der Waals surface area contributed by atoms with Gasteiger partial charge in [-0.1, -0.05) is 18.2 Å². The number of likely N-dealkylation sites (tertiary alicyclic amines) is 1. The van der Waals surface area contributed by atoms with E-state index in [1.165, 1.54) is 30.5 Å². The number of carbonyl (C=O) groups is 4. The number of amides is 4. The first-order valence-corrected chi connectivity index (χ1v) is 18.8. The van der Waals surface area contributed by atoms with E-state index in [0.717, 1.165) is 50.2 Å². The van der Waals surface area contributed by atoms with Crippen molar-refractivity contribution in [1.29, 1.82) is 0 Å². The van der Waals surface area contributed by atoms with Crippen LogP contribution < -0.4 is 20.9 Å². The molecule has 0 bridgehead atoms. The average Bonchev–Trinajstić information content (AvgIpc) is 3.23. The van der Waals surface area contributed by atoms with Gasteiger partial charge in [0.1, 0.15) is 0 Å². The molecule has 0 aliphatic carbocycles. The molecule has 294 valence electrons. The van der Waals surface area contributed by atoms with Crippen LogP contribution >= 0.6 is 0 Å². The summed E-state index contributed by atoms with van der Waals surface area (Å²) in [4.78, 5) is 61.8. The molecule has 1 aromatic heterocycles. The second-order valence-corrected chi connectivity index (χ2v) is 14.0. The van der Waals surface area contributed by atoms with E-state index in [0.29, 0.717) is 60.6 Å². The number of pyridine rings is 1. The third-order valence-corrected chi connectivity index (χ3v) is 10.0. The molecule has 2 saturated heterocycles. The van der Waals surface area contributed by atoms with Crippen molar-refractivity contribution < 1.29 is 37.1 Å². The van der Waals surface area contributed by atoms with E-state index in [-0.39, 0.29) is 41.9 Å². The van der Waals surface area contributed by atoms with Crippen LogP contribution in [0.4, 0.5) is 24.5 Å². The van der Waals surface area contributed by atoms with Gasteiger partial charge in [-0.2, -0.15) is 13.2 Å². The van der Waals surface area contributed by atoms with E-state index >= 15 is 0 Å². The second kappa shape index (κ2) is 18.2. The van der Waals surface area contributed by atoms with Crippen LogP contribution in [-0.2, 0) is 22.3 Å². The molecule has 0 spiro atoms. The molecule has 2 fully saturated rings. The highest BCUT2D eigenvalue weighted by atomic mass is 19.4. The van der Waals surface area contributed by atoms with Gasteiger partial charge in [0.25, 0.3) is 17.7 Å². The Labute approximate surface area is 323 Å². The van der Waals surface area contributed by atoms with Gasteiger partial charge >= 0.3 is 6.18 Å². The number of halogens is 3. The molecule has 0 unspecified atom stereocenters. The van der Waals surface area contributed by atoms with Crippen molar-refractivity contribution >= 4 is 35.0 Å². The van der Waals surface area contributed by atoms with Gasteiger partial charge in [0, 0.05) is 80.5 Å². The highest BCUT2D eigenvalue weighted by Crippen LogP contribution is 2.34. The molecule has 0 saturated carbocycles. The first-order chi connectivity index (χ1) is 27.0. The summed E-state index contributed by atoms with van der Waals surface area (Å²) >= 11 is 0. The van der Waals surface area contributed by atoms with E-state index in [1.807, 2.05) is 12.1 Å². The molecule has 0 radical (unpaired) electrons. The molecule has 3 N–H and O–H groups in total. The van der Waals surface area contributed by atoms with Crippen LogP contribution in [0.3, 0.4) is 0 Å². The molecular formula is C42H45F3N6O5. The molecule has 14 heteroatoms. The number of benzene rings is 3. The zero-order valence-electron chi connectivity index (χ0n) is 31.2. The lowest BCUT2D eigenvalue weighted by Gasteiger charge is -2.32. The first kappa shape index (κ1) is 39.9. The van der Waals surface area contributed by atoms with Crippen molar-refractivity contribution in [3.63, 3.8) is 0 Å². The lowest BCUT2D eigenvalue weighted by Crippen LogP contribution is -2.46. The van der Waals surface area contributed by atoms with Crippen LogP contribution in [0.2, 0.25) is 0 Å². The maximum atomic E-state index is 13.8. The van der Waals surface area contributed by atoms with Crippen molar-refractivity contribution in [2.24, 2.45) is 5.92 Å². The van der Waals surface area contributed by atoms with Crippen LogP contribution in [0.1, 0.15) is 74.3 Å². The molecule has 56 heavy (non-hydrogen) atoms. The molecular weight excluding hydrogens is 725 g/mol. The van der Waals surface area contributed by atoms with Crippen LogP contribution in [0, 0.1) is 5.92 Å². The molecule has 4 amide bonds. The molecule has 1 atom stereocenters. The fraction of sp³-hybridized carbons (Fsp3) is 0.357. The fourth-order valence-electron chi connectivity index (χ4n) is 7.03. The standard InChI is InChI=1S/C42H45F3N6O5/c1-56-21-17-47-39(53)32-11-7-20-51(27-32)41(55)31-10-6-9-29(23-31)40(54)49-36-14-13-34(50-18-3-2-4-19-50)25-35(36)37-24-30(15-16-46-37)38(52)48-26-28-8-5-12-33(22-28)42(43,44)45/h5-6,8-10,12-16,22-25,32H,2-4,7,11,17-21,26-27H2,1H3,(H,47,53)(H,48,52)(H,49,54)/t32-/m1/s1. The molecule has 2 aliphatic heterocycles. The number of anilines is 2. The van der Waals surface area contributed by atoms with Gasteiger partial charge in [-0.3, -0.25) is 24.2 Å². The number of carbonyl (C=O) groups excluding carboxylic acids is 4. The number of ether oxygens (including phenoxy) is 1. The number of rotatable bonds is 12. The predicted octanol–water partition coefficient (Wildman–Crippen LogP) is 6.55. The number of methoxy groups -OCH3 is 1. The Bertz CT molecular complexity index is 2050. The minimum absolute atomic E-state index is 0.115. The SMILES string of the molecule is COCCNC(=O)[C@@H]1CCCN(C(=O)c2cccc(C(=O)Nc3ccc(N4CCCCC4)cc3-c3cc(C(=O)NCc4cccc(C(F)(F)F)c4)ccn3)c2)C1. The summed E-state index contributed by atoms with van der Waals surface area (Å²) < 4.78 is 44.7. The normalized spacial score (nSPS) is 15.9. The topological polar surface area (TPSA) is 133 Å². The minimum Gasteiger partial charge on any atom is -0.383 e. The van der Waals surface area contributed by atoms with Crippen LogP contribution in [0.5, 0.6) is 0 Å². The summed E-state index contributed by atoms with van der Waals surface area (Å²) in [6.45, 7) is 3.19. The monoisotopic (exact) mass is 770 g/mol. The Hall–Kier alpha value is -5.76. The van der Waals surface area contributed by atoms with Crippen molar-refractivity contribution in [3.05, 3.63) is 113 Å². The number of nitrogens with one attached hydrogen (secondary N) is 3. The number of aromatic nitrogens is 1.